The molecule has 2 aromatic rings. The Bertz CT molecular complexity index is 1340. The van der Waals surface area contributed by atoms with Gasteiger partial charge in [0.25, 0.3) is 11.5 Å². The minimum Gasteiger partial charge on any atom is -0.357 e. The van der Waals surface area contributed by atoms with E-state index in [1.54, 1.807) is 16.5 Å². The number of thiocarbonyl (C=S) groups is 1. The predicted octanol–water partition coefficient (Wildman–Crippen LogP) is 6.20. The Morgan fingerprint density at radius 1 is 1.10 bits per heavy atom. The maximum absolute atomic E-state index is 13.4. The lowest BCUT2D eigenvalue weighted by Crippen LogP contribution is -2.39. The highest BCUT2D eigenvalue weighted by molar-refractivity contribution is 8.26. The van der Waals surface area contributed by atoms with Crippen molar-refractivity contribution in [2.24, 2.45) is 13.0 Å². The number of thioether (sulfide) groups is 1. The Labute approximate surface area is 241 Å². The van der Waals surface area contributed by atoms with Crippen molar-refractivity contribution in [3.05, 3.63) is 67.8 Å². The van der Waals surface area contributed by atoms with Crippen LogP contribution in [0, 0.1) is 24.2 Å². The van der Waals surface area contributed by atoms with Gasteiger partial charge in [0.05, 0.1) is 4.91 Å². The van der Waals surface area contributed by atoms with Gasteiger partial charge in [-0.2, -0.15) is 5.26 Å². The number of aromatic nitrogens is 1. The molecule has 1 aromatic heterocycles. The van der Waals surface area contributed by atoms with Crippen molar-refractivity contribution in [2.45, 2.75) is 65.2 Å². The fraction of sp³-hybridized carbons (Fsp3) is 0.484. The molecule has 0 spiro atoms. The van der Waals surface area contributed by atoms with Gasteiger partial charge in [-0.15, -0.1) is 0 Å². The summed E-state index contributed by atoms with van der Waals surface area (Å²) in [5.74, 6) is 1.27. The third kappa shape index (κ3) is 6.64. The van der Waals surface area contributed by atoms with Crippen molar-refractivity contribution in [1.29, 1.82) is 5.26 Å². The van der Waals surface area contributed by atoms with Crippen LogP contribution in [0.2, 0.25) is 0 Å². The Morgan fingerprint density at radius 3 is 2.46 bits per heavy atom. The molecule has 0 N–H and O–H groups in total. The molecule has 2 saturated heterocycles. The molecule has 0 atom stereocenters. The third-order valence-corrected chi connectivity index (χ3v) is 9.26. The first kappa shape index (κ1) is 29.1. The molecular weight excluding hydrogens is 525 g/mol. The molecule has 0 aliphatic carbocycles. The molecule has 2 aliphatic heterocycles. The number of hydrogen-bond donors (Lipinski definition) is 0. The van der Waals surface area contributed by atoms with Gasteiger partial charge in [0.2, 0.25) is 0 Å². The van der Waals surface area contributed by atoms with Crippen LogP contribution >= 0.6 is 24.0 Å². The summed E-state index contributed by atoms with van der Waals surface area (Å²) in [7, 11) is 1.73. The SMILES string of the molecule is CCCCCCCN1C(=O)/C(=C/c2c(C)c(C#N)c(=O)n(C)c2N2CCC(Cc3ccccc3)CC2)SC1=S. The first-order chi connectivity index (χ1) is 18.8. The average molecular weight is 563 g/mol. The number of benzene rings is 1. The molecule has 6 nitrogen and oxygen atoms in total. The van der Waals surface area contributed by atoms with Gasteiger partial charge in [-0.05, 0) is 55.7 Å². The number of rotatable bonds is 10. The molecule has 0 radical (unpaired) electrons. The predicted molar refractivity (Wildman–Crippen MR) is 165 cm³/mol. The zero-order chi connectivity index (χ0) is 27.9. The molecule has 1 amide bonds. The number of amides is 1. The molecule has 8 heteroatoms. The number of piperidine rings is 1. The highest BCUT2D eigenvalue weighted by atomic mass is 32.2. The van der Waals surface area contributed by atoms with E-state index in [1.165, 1.54) is 36.6 Å². The number of unbranched alkanes of at least 4 members (excludes halogenated alkanes) is 4. The molecular formula is C31H38N4O2S2. The summed E-state index contributed by atoms with van der Waals surface area (Å²) in [6, 6.07) is 12.7. The average Bonchev–Trinajstić information content (AvgIpc) is 3.20. The Kier molecular flexibility index (Phi) is 10.0. The summed E-state index contributed by atoms with van der Waals surface area (Å²) in [6.45, 7) is 6.26. The summed E-state index contributed by atoms with van der Waals surface area (Å²) < 4.78 is 2.16. The van der Waals surface area contributed by atoms with Crippen LogP contribution in [-0.4, -0.2) is 39.3 Å². The van der Waals surface area contributed by atoms with Crippen LogP contribution in [0.25, 0.3) is 6.08 Å². The van der Waals surface area contributed by atoms with E-state index in [0.717, 1.165) is 56.6 Å². The summed E-state index contributed by atoms with van der Waals surface area (Å²) in [4.78, 5) is 31.0. The topological polar surface area (TPSA) is 69.3 Å². The van der Waals surface area contributed by atoms with E-state index in [0.29, 0.717) is 27.3 Å². The van der Waals surface area contributed by atoms with Crippen LogP contribution in [0.5, 0.6) is 0 Å². The molecule has 1 aromatic carbocycles. The third-order valence-electron chi connectivity index (χ3n) is 7.88. The van der Waals surface area contributed by atoms with Gasteiger partial charge in [0.15, 0.2) is 0 Å². The van der Waals surface area contributed by atoms with E-state index in [4.69, 9.17) is 12.2 Å². The maximum atomic E-state index is 13.4. The van der Waals surface area contributed by atoms with Crippen molar-refractivity contribution in [3.63, 3.8) is 0 Å². The number of nitriles is 1. The summed E-state index contributed by atoms with van der Waals surface area (Å²) in [5.41, 5.74) is 2.56. The fourth-order valence-corrected chi connectivity index (χ4v) is 6.88. The molecule has 3 heterocycles. The Hall–Kier alpha value is -2.89. The molecule has 0 bridgehead atoms. The highest BCUT2D eigenvalue weighted by Gasteiger charge is 2.33. The van der Waals surface area contributed by atoms with Gasteiger partial charge in [-0.1, -0.05) is 86.9 Å². The lowest BCUT2D eigenvalue weighted by molar-refractivity contribution is -0.122. The monoisotopic (exact) mass is 562 g/mol. The molecule has 2 fully saturated rings. The fourth-order valence-electron chi connectivity index (χ4n) is 5.59. The number of carbonyl (C=O) groups is 1. The van der Waals surface area contributed by atoms with Crippen LogP contribution < -0.4 is 10.5 Å². The Morgan fingerprint density at radius 2 is 1.79 bits per heavy atom. The molecule has 206 valence electrons. The van der Waals surface area contributed by atoms with E-state index < -0.39 is 0 Å². The molecule has 4 rings (SSSR count). The van der Waals surface area contributed by atoms with Crippen LogP contribution in [-0.2, 0) is 18.3 Å². The molecule has 39 heavy (non-hydrogen) atoms. The molecule has 2 aliphatic rings. The number of nitrogens with zero attached hydrogens (tertiary/aromatic N) is 4. The quantitative estimate of drug-likeness (QED) is 0.195. The molecule has 0 saturated carbocycles. The number of hydrogen-bond acceptors (Lipinski definition) is 6. The highest BCUT2D eigenvalue weighted by Crippen LogP contribution is 2.37. The van der Waals surface area contributed by atoms with E-state index in [2.05, 4.69) is 42.2 Å². The van der Waals surface area contributed by atoms with Gasteiger partial charge in [0, 0.05) is 32.2 Å². The van der Waals surface area contributed by atoms with E-state index in [9.17, 15) is 14.9 Å². The number of carbonyl (C=O) groups excluding carboxylic acids is 1. The lowest BCUT2D eigenvalue weighted by atomic mass is 9.90. The van der Waals surface area contributed by atoms with Gasteiger partial charge >= 0.3 is 0 Å². The van der Waals surface area contributed by atoms with Gasteiger partial charge in [-0.25, -0.2) is 0 Å². The second-order valence-electron chi connectivity index (χ2n) is 10.6. The van der Waals surface area contributed by atoms with Crippen molar-refractivity contribution in [1.82, 2.24) is 9.47 Å². The van der Waals surface area contributed by atoms with Crippen LogP contribution in [0.15, 0.2) is 40.0 Å². The first-order valence-electron chi connectivity index (χ1n) is 14.0. The lowest BCUT2D eigenvalue weighted by Gasteiger charge is -2.36. The standard InChI is InChI=1S/C31H38N4O2S2/c1-4-5-6-7-11-16-35-30(37)27(39-31(35)38)20-25-22(2)26(21-32)29(36)33(3)28(25)34-17-14-24(15-18-34)19-23-12-9-8-10-13-23/h8-10,12-13,20,24H,4-7,11,14-19H2,1-3H3/b27-20-. The second kappa shape index (κ2) is 13.5. The largest absolute Gasteiger partial charge is 0.357 e. The maximum Gasteiger partial charge on any atom is 0.270 e. The van der Waals surface area contributed by atoms with Crippen LogP contribution in [0.1, 0.15) is 74.1 Å². The van der Waals surface area contributed by atoms with Crippen LogP contribution in [0.4, 0.5) is 5.82 Å². The minimum atomic E-state index is -0.298. The number of anilines is 1. The Balaban J connectivity index is 1.59. The second-order valence-corrected chi connectivity index (χ2v) is 12.3. The normalized spacial score (nSPS) is 17.3. The number of pyridine rings is 1. The van der Waals surface area contributed by atoms with E-state index >= 15 is 0 Å². The van der Waals surface area contributed by atoms with Crippen LogP contribution in [0.3, 0.4) is 0 Å². The minimum absolute atomic E-state index is 0.0835. The zero-order valence-corrected chi connectivity index (χ0v) is 24.9. The van der Waals surface area contributed by atoms with Crippen molar-refractivity contribution in [3.8, 4) is 6.07 Å². The van der Waals surface area contributed by atoms with Crippen molar-refractivity contribution < 1.29 is 4.79 Å². The molecule has 0 unspecified atom stereocenters. The summed E-state index contributed by atoms with van der Waals surface area (Å²) in [5, 5.41) is 9.78. The smallest absolute Gasteiger partial charge is 0.270 e. The van der Waals surface area contributed by atoms with Gasteiger partial charge in [-0.3, -0.25) is 19.1 Å². The van der Waals surface area contributed by atoms with Crippen molar-refractivity contribution in [2.75, 3.05) is 24.5 Å². The zero-order valence-electron chi connectivity index (χ0n) is 23.2. The van der Waals surface area contributed by atoms with E-state index in [-0.39, 0.29) is 17.0 Å². The summed E-state index contributed by atoms with van der Waals surface area (Å²) in [6.07, 6.45) is 10.5. The van der Waals surface area contributed by atoms with Gasteiger partial charge < -0.3 is 4.90 Å². The van der Waals surface area contributed by atoms with Gasteiger partial charge in [0.1, 0.15) is 21.8 Å². The summed E-state index contributed by atoms with van der Waals surface area (Å²) >= 11 is 6.89. The van der Waals surface area contributed by atoms with E-state index in [1.807, 2.05) is 19.1 Å². The first-order valence-corrected chi connectivity index (χ1v) is 15.3. The van der Waals surface area contributed by atoms with Crippen molar-refractivity contribution >= 4 is 46.1 Å².